The first-order valence-corrected chi connectivity index (χ1v) is 10.6. The van der Waals surface area contributed by atoms with E-state index in [-0.39, 0.29) is 11.9 Å². The minimum absolute atomic E-state index is 0.0184. The van der Waals surface area contributed by atoms with Crippen molar-refractivity contribution in [3.63, 3.8) is 0 Å². The third kappa shape index (κ3) is 3.19. The highest BCUT2D eigenvalue weighted by Crippen LogP contribution is 2.36. The number of pyridine rings is 2. The van der Waals surface area contributed by atoms with Gasteiger partial charge in [0.1, 0.15) is 0 Å². The van der Waals surface area contributed by atoms with Crippen molar-refractivity contribution < 1.29 is 9.90 Å². The Morgan fingerprint density at radius 2 is 2.07 bits per heavy atom. The van der Waals surface area contributed by atoms with Crippen molar-refractivity contribution in [1.29, 1.82) is 0 Å². The zero-order valence-corrected chi connectivity index (χ0v) is 16.9. The van der Waals surface area contributed by atoms with Gasteiger partial charge in [-0.15, -0.1) is 0 Å². The molecule has 2 aliphatic rings. The number of carbonyl (C=O) groups is 1. The smallest absolute Gasteiger partial charge is 0.254 e. The Kier molecular flexibility index (Phi) is 4.83. The van der Waals surface area contributed by atoms with Gasteiger partial charge >= 0.3 is 0 Å². The number of hydrogen-bond donors (Lipinski definition) is 1. The van der Waals surface area contributed by atoms with E-state index in [1.807, 2.05) is 35.4 Å². The fourth-order valence-corrected chi connectivity index (χ4v) is 4.87. The first-order valence-electron chi connectivity index (χ1n) is 10.6. The number of aromatic nitrogens is 2. The molecule has 1 aromatic carbocycles. The van der Waals surface area contributed by atoms with Crippen LogP contribution in [0, 0.1) is 0 Å². The molecule has 1 N–H and O–H groups in total. The average molecular weight is 399 g/mol. The van der Waals surface area contributed by atoms with E-state index in [2.05, 4.69) is 22.6 Å². The van der Waals surface area contributed by atoms with Gasteiger partial charge in [0.15, 0.2) is 0 Å². The summed E-state index contributed by atoms with van der Waals surface area (Å²) in [6.45, 7) is 4.28. The molecule has 1 fully saturated rings. The lowest BCUT2D eigenvalue weighted by molar-refractivity contribution is 0.0192. The third-order valence-electron chi connectivity index (χ3n) is 6.45. The second-order valence-corrected chi connectivity index (χ2v) is 8.29. The van der Waals surface area contributed by atoms with E-state index in [4.69, 9.17) is 0 Å². The Morgan fingerprint density at radius 1 is 1.20 bits per heavy atom. The van der Waals surface area contributed by atoms with Gasteiger partial charge < -0.3 is 10.0 Å². The maximum Gasteiger partial charge on any atom is 0.254 e. The lowest BCUT2D eigenvalue weighted by Crippen LogP contribution is -2.45. The van der Waals surface area contributed by atoms with Gasteiger partial charge in [0, 0.05) is 35.5 Å². The molecule has 0 radical (unpaired) electrons. The van der Waals surface area contributed by atoms with Crippen molar-refractivity contribution >= 4 is 22.9 Å². The van der Waals surface area contributed by atoms with Crippen LogP contribution in [0.4, 0.5) is 0 Å². The predicted octanol–water partition coefficient (Wildman–Crippen LogP) is 4.12. The number of hydrogen-bond acceptors (Lipinski definition) is 4. The monoisotopic (exact) mass is 399 g/mol. The molecule has 0 bridgehead atoms. The van der Waals surface area contributed by atoms with Gasteiger partial charge in [-0.3, -0.25) is 14.8 Å². The van der Waals surface area contributed by atoms with E-state index >= 15 is 0 Å². The summed E-state index contributed by atoms with van der Waals surface area (Å²) in [5.74, 6) is 0.0184. The summed E-state index contributed by atoms with van der Waals surface area (Å²) < 4.78 is 0. The molecule has 1 saturated carbocycles. The van der Waals surface area contributed by atoms with Crippen molar-refractivity contribution in [3.8, 4) is 0 Å². The minimum Gasteiger partial charge on any atom is -0.391 e. The van der Waals surface area contributed by atoms with Gasteiger partial charge in [0.2, 0.25) is 0 Å². The van der Waals surface area contributed by atoms with Crippen LogP contribution in [0.2, 0.25) is 0 Å². The quantitative estimate of drug-likeness (QED) is 0.717. The van der Waals surface area contributed by atoms with Crippen molar-refractivity contribution in [2.45, 2.75) is 50.8 Å². The standard InChI is InChI=1S/C25H25N3O2/c1-2-18-10-9-16(14-27-18)12-17-13-20-21(24-19(17)6-5-11-26-24)15-28(25(20)30)22-7-3-4-8-23(22)29/h2,5-6,9-11,13-14,22-23,29H,1,3-4,7-8,12,15H2. The Bertz CT molecular complexity index is 1120. The van der Waals surface area contributed by atoms with E-state index in [0.29, 0.717) is 13.0 Å². The van der Waals surface area contributed by atoms with E-state index in [1.54, 1.807) is 12.3 Å². The van der Waals surface area contributed by atoms with Crippen LogP contribution in [0.3, 0.4) is 0 Å². The molecule has 3 aromatic rings. The van der Waals surface area contributed by atoms with Gasteiger partial charge in [-0.1, -0.05) is 31.6 Å². The molecule has 1 aliphatic heterocycles. The molecule has 0 saturated heterocycles. The highest BCUT2D eigenvalue weighted by molar-refractivity contribution is 6.04. The second kappa shape index (κ2) is 7.65. The molecule has 3 heterocycles. The Morgan fingerprint density at radius 3 is 2.83 bits per heavy atom. The molecule has 5 nitrogen and oxygen atoms in total. The van der Waals surface area contributed by atoms with Crippen molar-refractivity contribution in [2.24, 2.45) is 0 Å². The van der Waals surface area contributed by atoms with Crippen LogP contribution in [-0.4, -0.2) is 38.0 Å². The highest BCUT2D eigenvalue weighted by Gasteiger charge is 2.38. The molecule has 2 aromatic heterocycles. The lowest BCUT2D eigenvalue weighted by Gasteiger charge is -2.35. The third-order valence-corrected chi connectivity index (χ3v) is 6.45. The van der Waals surface area contributed by atoms with E-state index in [0.717, 1.165) is 64.5 Å². The highest BCUT2D eigenvalue weighted by atomic mass is 16.3. The zero-order valence-electron chi connectivity index (χ0n) is 16.9. The Labute approximate surface area is 176 Å². The molecule has 152 valence electrons. The van der Waals surface area contributed by atoms with Crippen LogP contribution in [0.1, 0.15) is 58.4 Å². The maximum absolute atomic E-state index is 13.3. The molecule has 1 amide bonds. The van der Waals surface area contributed by atoms with E-state index < -0.39 is 6.10 Å². The maximum atomic E-state index is 13.3. The molecule has 30 heavy (non-hydrogen) atoms. The number of benzene rings is 1. The number of carbonyl (C=O) groups excluding carboxylic acids is 1. The van der Waals surface area contributed by atoms with Crippen LogP contribution >= 0.6 is 0 Å². The number of aliphatic hydroxyl groups excluding tert-OH is 1. The summed E-state index contributed by atoms with van der Waals surface area (Å²) in [5, 5.41) is 11.6. The summed E-state index contributed by atoms with van der Waals surface area (Å²) >= 11 is 0. The van der Waals surface area contributed by atoms with Crippen LogP contribution in [0.5, 0.6) is 0 Å². The molecular formula is C25H25N3O2. The SMILES string of the molecule is C=Cc1ccc(Cc2cc3c(c4ncccc24)CN(C2CCCCC2O)C3=O)cn1. The summed E-state index contributed by atoms with van der Waals surface area (Å²) in [5.41, 5.74) is 5.60. The average Bonchev–Trinajstić information content (AvgIpc) is 3.11. The van der Waals surface area contributed by atoms with E-state index in [9.17, 15) is 9.90 Å². The topological polar surface area (TPSA) is 66.3 Å². The lowest BCUT2D eigenvalue weighted by atomic mass is 9.91. The Balaban J connectivity index is 1.55. The fraction of sp³-hybridized carbons (Fsp3) is 0.320. The fourth-order valence-electron chi connectivity index (χ4n) is 4.87. The number of fused-ring (bicyclic) bond motifs is 3. The van der Waals surface area contributed by atoms with Crippen LogP contribution in [-0.2, 0) is 13.0 Å². The van der Waals surface area contributed by atoms with Gasteiger partial charge in [-0.05, 0) is 54.7 Å². The van der Waals surface area contributed by atoms with Crippen molar-refractivity contribution in [3.05, 3.63) is 77.3 Å². The summed E-state index contributed by atoms with van der Waals surface area (Å²) in [7, 11) is 0. The van der Waals surface area contributed by atoms with Crippen molar-refractivity contribution in [1.82, 2.24) is 14.9 Å². The van der Waals surface area contributed by atoms with Gasteiger partial charge in [-0.2, -0.15) is 0 Å². The number of nitrogens with zero attached hydrogens (tertiary/aromatic N) is 3. The molecule has 5 heteroatoms. The second-order valence-electron chi connectivity index (χ2n) is 8.29. The first kappa shape index (κ1) is 18.9. The molecular weight excluding hydrogens is 374 g/mol. The van der Waals surface area contributed by atoms with Gasteiger partial charge in [0.25, 0.3) is 5.91 Å². The molecule has 0 spiro atoms. The Hall–Kier alpha value is -3.05. The molecule has 2 atom stereocenters. The summed E-state index contributed by atoms with van der Waals surface area (Å²) in [4.78, 5) is 24.3. The normalized spacial score (nSPS) is 21.1. The predicted molar refractivity (Wildman–Crippen MR) is 117 cm³/mol. The molecule has 1 aliphatic carbocycles. The summed E-state index contributed by atoms with van der Waals surface area (Å²) in [6.07, 6.45) is 9.33. The van der Waals surface area contributed by atoms with Crippen molar-refractivity contribution in [2.75, 3.05) is 0 Å². The van der Waals surface area contributed by atoms with Gasteiger partial charge in [0.05, 0.1) is 23.4 Å². The number of amides is 1. The van der Waals surface area contributed by atoms with Crippen LogP contribution in [0.15, 0.2) is 49.3 Å². The van der Waals surface area contributed by atoms with E-state index in [1.165, 1.54) is 0 Å². The van der Waals surface area contributed by atoms with Crippen LogP contribution < -0.4 is 0 Å². The zero-order chi connectivity index (χ0) is 20.7. The largest absolute Gasteiger partial charge is 0.391 e. The summed E-state index contributed by atoms with van der Waals surface area (Å²) in [6, 6.07) is 9.94. The van der Waals surface area contributed by atoms with Crippen LogP contribution in [0.25, 0.3) is 17.0 Å². The minimum atomic E-state index is -0.440. The molecule has 2 unspecified atom stereocenters. The molecule has 5 rings (SSSR count). The number of rotatable bonds is 4. The first-order chi connectivity index (χ1) is 14.7. The number of aliphatic hydroxyl groups is 1. The van der Waals surface area contributed by atoms with Gasteiger partial charge in [-0.25, -0.2) is 0 Å².